The standard InChI is InChI=1S/C26H28ClN5O3.C26H31N5O3.C23H25N5O2.C16H28BNO4.C16H12BrClN4O.C2H3ClO/c1-26(2,3)35-25(33)31-12-10-17(11-13-31)20-14-28-24(27)30-23(20)34-19-15-32(16-19)22-9-8-18-6-4-5-7-21(18)29-22;1-26(2,3)34-25(32)30-12-10-18(11-13-30)21-14-27-17-28-24(21)33-20-15-31(16-20)23-9-8-19-6-4-5-7-22(19)29-23;1-16(29)27-10-8-17(9-11-27)20-12-24-15-25-23(20)30-19-13-28(14-19)22-7-6-18-4-2-3-5-21(18)26-22;1-14(2,3)20-13(19)18-10-8-12(9-11-18)17-21-15(4,5)16(6,7)22-17;17-12-7-19-16(18)21-15(12)23-11-8-22(9-11)14-6-5-10-3-1-2-4-13(10)20-14;1-2(3)4/h4-10,14,19H,11-13,15-16H2,1-3H3;4-9,14,17-18,20H,10-13,15-16H2,1-3H3;2-7,12,15,17,19H,8-11,13-14H2,1H3;8H,9-11H2,1-7H3;1-7,11H,8-9H2;1H3. The third kappa shape index (κ3) is 28.5. The number of amides is 4. The molecule has 9 aliphatic heterocycles. The van der Waals surface area contributed by atoms with Crippen molar-refractivity contribution in [1.82, 2.24) is 79.4 Å². The van der Waals surface area contributed by atoms with Crippen LogP contribution >= 0.6 is 50.7 Å². The van der Waals surface area contributed by atoms with E-state index in [1.165, 1.54) is 13.3 Å². The minimum absolute atomic E-state index is 0.0320. The van der Waals surface area contributed by atoms with Crippen LogP contribution in [-0.2, 0) is 33.1 Å². The van der Waals surface area contributed by atoms with E-state index in [9.17, 15) is 24.0 Å². The molecule has 0 radical (unpaired) electrons. The zero-order chi connectivity index (χ0) is 105. The third-order valence-corrected chi connectivity index (χ3v) is 27.5. The summed E-state index contributed by atoms with van der Waals surface area (Å²) in [5, 5.41) is 4.51. The monoisotopic (exact) mass is 2130 g/mol. The van der Waals surface area contributed by atoms with Gasteiger partial charge < -0.3 is 81.7 Å². The number of halogens is 4. The largest absolute Gasteiger partial charge is 0.490 e. The van der Waals surface area contributed by atoms with Crippen LogP contribution in [0, 0.1) is 0 Å². The molecule has 0 bridgehead atoms. The summed E-state index contributed by atoms with van der Waals surface area (Å²) in [4.78, 5) is 126. The van der Waals surface area contributed by atoms with E-state index in [-0.39, 0.29) is 88.7 Å². The number of carbonyl (C=O) groups excluding carboxylic acids is 5. The van der Waals surface area contributed by atoms with Crippen LogP contribution in [0.3, 0.4) is 0 Å². The Bertz CT molecular complexity index is 6760. The number of hydrogen-bond acceptors (Lipinski definition) is 30. The van der Waals surface area contributed by atoms with Crippen molar-refractivity contribution in [2.45, 2.75) is 207 Å². The molecule has 0 spiro atoms. The van der Waals surface area contributed by atoms with Gasteiger partial charge in [0, 0.05) is 124 Å². The van der Waals surface area contributed by atoms with Crippen molar-refractivity contribution in [2.24, 2.45) is 0 Å². The molecule has 0 atom stereocenters. The smallest absolute Gasteiger partial charge is 0.470 e. The number of rotatable bonds is 16. The molecule has 21 rings (SSSR count). The molecular formula is C109H127BBrCl3N20O14. The third-order valence-electron chi connectivity index (χ3n) is 26.6. The van der Waals surface area contributed by atoms with E-state index in [1.807, 2.05) is 204 Å². The van der Waals surface area contributed by atoms with Gasteiger partial charge >= 0.3 is 25.4 Å². The van der Waals surface area contributed by atoms with E-state index < -0.39 is 16.8 Å². The SMILES string of the molecule is CC(=O)Cl.CC(=O)N1CCC(c2cncnc2OC2CN(c3ccc4ccccc4n3)C2)CC1.CC(C)(C)OC(=O)N1CC=C(B2OC(C)(C)C(C)(C)O2)CC1.CC(C)(C)OC(=O)N1CC=C(c2cnc(Cl)nc2OC2CN(c3ccc4ccccc4n3)C2)CC1.CC(C)(C)OC(=O)N1CCC(c2cncnc2OC2CN(c3ccc4ccccc4n3)C2)CC1.Clc1ncc(Br)c(OC2CN(c3ccc4ccccc4n3)C2)n1. The predicted molar refractivity (Wildman–Crippen MR) is 577 cm³/mol. The van der Waals surface area contributed by atoms with Crippen LogP contribution in [0.5, 0.6) is 23.5 Å². The van der Waals surface area contributed by atoms with Gasteiger partial charge in [0.2, 0.25) is 45.2 Å². The molecule has 12 aromatic rings. The van der Waals surface area contributed by atoms with Crippen molar-refractivity contribution in [3.05, 3.63) is 232 Å². The quantitative estimate of drug-likeness (QED) is 0.0375. The van der Waals surface area contributed by atoms with Gasteiger partial charge in [-0.25, -0.2) is 64.2 Å². The number of pyridine rings is 4. The van der Waals surface area contributed by atoms with Crippen LogP contribution in [-0.4, -0.2) is 273 Å². The summed E-state index contributed by atoms with van der Waals surface area (Å²) in [6.45, 7) is 39.1. The van der Waals surface area contributed by atoms with E-state index >= 15 is 0 Å². The van der Waals surface area contributed by atoms with Crippen molar-refractivity contribution in [3.8, 4) is 23.5 Å². The van der Waals surface area contributed by atoms with E-state index in [0.29, 0.717) is 92.7 Å². The lowest BCUT2D eigenvalue weighted by molar-refractivity contribution is -0.129. The number of anilines is 4. The first kappa shape index (κ1) is 108. The van der Waals surface area contributed by atoms with Gasteiger partial charge in [0.25, 0.3) is 0 Å². The lowest BCUT2D eigenvalue weighted by Gasteiger charge is -2.40. The second-order valence-corrected chi connectivity index (χ2v) is 43.7. The minimum Gasteiger partial charge on any atom is -0.470 e. The van der Waals surface area contributed by atoms with E-state index in [4.69, 9.17) is 80.6 Å². The van der Waals surface area contributed by atoms with E-state index in [1.54, 1.807) is 40.3 Å². The zero-order valence-corrected chi connectivity index (χ0v) is 90.1. The number of fused-ring (bicyclic) bond motifs is 4. The Kier molecular flexibility index (Phi) is 34.4. The number of aromatic nitrogens is 12. The molecule has 778 valence electrons. The minimum atomic E-state index is -0.523. The van der Waals surface area contributed by atoms with Crippen LogP contribution < -0.4 is 38.5 Å². The van der Waals surface area contributed by atoms with Gasteiger partial charge in [0.1, 0.15) is 77.1 Å². The number of hydrogen-bond donors (Lipinski definition) is 0. The maximum Gasteiger partial charge on any atom is 0.490 e. The average molecular weight is 2140 g/mol. The van der Waals surface area contributed by atoms with Gasteiger partial charge in [-0.2, -0.15) is 9.97 Å². The highest BCUT2D eigenvalue weighted by molar-refractivity contribution is 9.10. The topological polar surface area (TPSA) is 349 Å². The molecule has 0 unspecified atom stereocenters. The Morgan fingerprint density at radius 3 is 1.08 bits per heavy atom. The van der Waals surface area contributed by atoms with Crippen molar-refractivity contribution in [1.29, 1.82) is 0 Å². The van der Waals surface area contributed by atoms with Crippen LogP contribution in [0.1, 0.15) is 171 Å². The number of nitrogens with zero attached hydrogens (tertiary/aromatic N) is 20. The Morgan fingerprint density at radius 1 is 0.399 bits per heavy atom. The number of ether oxygens (including phenoxy) is 7. The van der Waals surface area contributed by atoms with Gasteiger partial charge in [-0.1, -0.05) is 84.9 Å². The number of para-hydroxylation sites is 4. The summed E-state index contributed by atoms with van der Waals surface area (Å²) in [5.74, 6) is 6.85. The molecule has 7 saturated heterocycles. The van der Waals surface area contributed by atoms with Gasteiger partial charge in [0.15, 0.2) is 0 Å². The van der Waals surface area contributed by atoms with Crippen molar-refractivity contribution in [3.63, 3.8) is 0 Å². The number of piperidine rings is 2. The number of likely N-dealkylation sites (tertiary alicyclic amines) is 2. The first-order valence-corrected chi connectivity index (χ1v) is 52.0. The summed E-state index contributed by atoms with van der Waals surface area (Å²) in [6, 6.07) is 49.1. The van der Waals surface area contributed by atoms with Gasteiger partial charge in [-0.3, -0.25) is 9.59 Å². The highest BCUT2D eigenvalue weighted by Crippen LogP contribution is 2.43. The lowest BCUT2D eigenvalue weighted by Crippen LogP contribution is -2.54. The Balaban J connectivity index is 0.000000132. The molecule has 148 heavy (non-hydrogen) atoms. The predicted octanol–water partition coefficient (Wildman–Crippen LogP) is 20.1. The van der Waals surface area contributed by atoms with Crippen molar-refractivity contribution >= 4 is 160 Å². The summed E-state index contributed by atoms with van der Waals surface area (Å²) in [5.41, 5.74) is 6.87. The first-order chi connectivity index (χ1) is 70.6. The second kappa shape index (κ2) is 47.2. The zero-order valence-electron chi connectivity index (χ0n) is 86.2. The van der Waals surface area contributed by atoms with Crippen LogP contribution in [0.2, 0.25) is 10.6 Å². The maximum atomic E-state index is 12.4. The summed E-state index contributed by atoms with van der Waals surface area (Å²) >= 11 is 19.9. The second-order valence-electron chi connectivity index (χ2n) is 41.7. The van der Waals surface area contributed by atoms with Crippen molar-refractivity contribution in [2.75, 3.05) is 124 Å². The molecule has 0 saturated carbocycles. The van der Waals surface area contributed by atoms with Gasteiger partial charge in [0.05, 0.1) is 95.7 Å². The normalized spacial score (nSPS) is 17.6. The van der Waals surface area contributed by atoms with Crippen molar-refractivity contribution < 1.29 is 66.4 Å². The van der Waals surface area contributed by atoms with Crippen LogP contribution in [0.15, 0.2) is 205 Å². The van der Waals surface area contributed by atoms with Gasteiger partial charge in [-0.15, -0.1) is 0 Å². The molecule has 39 heteroatoms. The molecule has 4 amide bonds. The van der Waals surface area contributed by atoms with E-state index in [2.05, 4.69) is 153 Å². The fourth-order valence-electron chi connectivity index (χ4n) is 17.8. The van der Waals surface area contributed by atoms with Gasteiger partial charge in [-0.05, 0) is 275 Å². The molecule has 9 aliphatic rings. The summed E-state index contributed by atoms with van der Waals surface area (Å²) < 4.78 is 53.8. The molecule has 0 aliphatic carbocycles. The average Bonchev–Trinajstić information content (AvgIpc) is 1.61. The maximum absolute atomic E-state index is 12.4. The number of benzene rings is 4. The molecule has 4 aromatic carbocycles. The number of carbonyl (C=O) groups is 5. The Labute approximate surface area is 886 Å². The fraction of sp³-hybridized carbons (Fsp3) is 0.440. The van der Waals surface area contributed by atoms with Crippen LogP contribution in [0.4, 0.5) is 37.7 Å². The highest BCUT2D eigenvalue weighted by Gasteiger charge is 2.53. The Hall–Kier alpha value is -13.0. The summed E-state index contributed by atoms with van der Waals surface area (Å²) in [6.07, 6.45) is 18.4. The molecule has 0 N–H and O–H groups in total. The van der Waals surface area contributed by atoms with E-state index in [0.717, 1.165) is 179 Å². The molecule has 17 heterocycles. The van der Waals surface area contributed by atoms with Crippen LogP contribution in [0.25, 0.3) is 49.2 Å². The molecular weight excluding hydrogens is 2010 g/mol. The Morgan fingerprint density at radius 2 is 0.730 bits per heavy atom. The first-order valence-electron chi connectivity index (χ1n) is 50.1. The fourth-order valence-corrected chi connectivity index (χ4v) is 18.4. The molecule has 8 aromatic heterocycles. The lowest BCUT2D eigenvalue weighted by atomic mass is 9.75. The molecule has 34 nitrogen and oxygen atoms in total. The highest BCUT2D eigenvalue weighted by atomic mass is 79.9. The molecule has 7 fully saturated rings. The summed E-state index contributed by atoms with van der Waals surface area (Å²) in [7, 11) is -0.314.